The van der Waals surface area contributed by atoms with Crippen molar-refractivity contribution in [2.45, 2.75) is 24.3 Å². The Bertz CT molecular complexity index is 842. The molecule has 2 heterocycles. The number of carbonyl (C=O) groups is 1. The first kappa shape index (κ1) is 17.5. The molecular weight excluding hydrogens is 342 g/mol. The number of benzene rings is 1. The number of nitrogens with zero attached hydrogens (tertiary/aromatic N) is 1. The topological polar surface area (TPSA) is 97.4 Å². The van der Waals surface area contributed by atoms with Gasteiger partial charge in [0.2, 0.25) is 10.0 Å². The van der Waals surface area contributed by atoms with E-state index in [0.29, 0.717) is 30.9 Å². The molecule has 25 heavy (non-hydrogen) atoms. The van der Waals surface area contributed by atoms with Crippen molar-refractivity contribution in [1.82, 2.24) is 9.71 Å². The van der Waals surface area contributed by atoms with Crippen LogP contribution >= 0.6 is 0 Å². The smallest absolute Gasteiger partial charge is 0.255 e. The molecule has 0 saturated carbocycles. The predicted octanol–water partition coefficient (Wildman–Crippen LogP) is 1.71. The van der Waals surface area contributed by atoms with E-state index >= 15 is 0 Å². The number of pyridine rings is 1. The van der Waals surface area contributed by atoms with Gasteiger partial charge >= 0.3 is 0 Å². The van der Waals surface area contributed by atoms with Crippen molar-refractivity contribution in [2.75, 3.05) is 18.5 Å². The molecule has 8 heteroatoms. The molecule has 1 unspecified atom stereocenters. The van der Waals surface area contributed by atoms with Crippen molar-refractivity contribution in [2.24, 2.45) is 0 Å². The van der Waals surface area contributed by atoms with Gasteiger partial charge in [-0.3, -0.25) is 9.78 Å². The maximum Gasteiger partial charge on any atom is 0.255 e. The lowest BCUT2D eigenvalue weighted by atomic mass is 10.2. The summed E-state index contributed by atoms with van der Waals surface area (Å²) < 4.78 is 32.4. The van der Waals surface area contributed by atoms with Gasteiger partial charge in [-0.05, 0) is 49.7 Å². The Balaban J connectivity index is 1.68. The van der Waals surface area contributed by atoms with Crippen molar-refractivity contribution < 1.29 is 17.9 Å². The van der Waals surface area contributed by atoms with Gasteiger partial charge in [0.05, 0.1) is 23.4 Å². The monoisotopic (exact) mass is 361 g/mol. The van der Waals surface area contributed by atoms with Crippen molar-refractivity contribution in [3.63, 3.8) is 0 Å². The van der Waals surface area contributed by atoms with Gasteiger partial charge in [-0.2, -0.15) is 0 Å². The second kappa shape index (κ2) is 7.30. The molecule has 1 aliphatic heterocycles. The standard InChI is InChI=1S/C17H19N3O4S/c1-12-2-5-14(10-18-12)19-17(21)13-3-6-16(7-4-13)25(22,23)20-15-8-9-24-11-15/h2-7,10,15,20H,8-9,11H2,1H3,(H,19,21). The van der Waals surface area contributed by atoms with E-state index in [-0.39, 0.29) is 16.8 Å². The van der Waals surface area contributed by atoms with E-state index in [4.69, 9.17) is 4.74 Å². The highest BCUT2D eigenvalue weighted by Crippen LogP contribution is 2.15. The molecule has 2 N–H and O–H groups in total. The van der Waals surface area contributed by atoms with Crippen molar-refractivity contribution in [1.29, 1.82) is 0 Å². The van der Waals surface area contributed by atoms with E-state index in [0.717, 1.165) is 5.69 Å². The molecule has 1 saturated heterocycles. The maximum absolute atomic E-state index is 12.3. The van der Waals surface area contributed by atoms with Gasteiger partial charge in [0.15, 0.2) is 0 Å². The number of carbonyl (C=O) groups excluding carboxylic acids is 1. The molecule has 0 radical (unpaired) electrons. The van der Waals surface area contributed by atoms with Crippen molar-refractivity contribution in [3.05, 3.63) is 53.9 Å². The first-order valence-electron chi connectivity index (χ1n) is 7.88. The van der Waals surface area contributed by atoms with E-state index in [1.165, 1.54) is 24.3 Å². The molecule has 7 nitrogen and oxygen atoms in total. The van der Waals surface area contributed by atoms with E-state index in [9.17, 15) is 13.2 Å². The second-order valence-corrected chi connectivity index (χ2v) is 7.56. The zero-order chi connectivity index (χ0) is 17.9. The Labute approximate surface area is 146 Å². The van der Waals surface area contributed by atoms with Crippen LogP contribution in [0.3, 0.4) is 0 Å². The van der Waals surface area contributed by atoms with Crippen LogP contribution in [0.1, 0.15) is 22.5 Å². The summed E-state index contributed by atoms with van der Waals surface area (Å²) in [6.45, 7) is 2.79. The lowest BCUT2D eigenvalue weighted by Crippen LogP contribution is -2.35. The van der Waals surface area contributed by atoms with E-state index in [2.05, 4.69) is 15.0 Å². The Morgan fingerprint density at radius 1 is 1.20 bits per heavy atom. The van der Waals surface area contributed by atoms with Crippen LogP contribution in [0.25, 0.3) is 0 Å². The van der Waals surface area contributed by atoms with Gasteiger partial charge in [0.25, 0.3) is 5.91 Å². The number of aryl methyl sites for hydroxylation is 1. The molecule has 132 valence electrons. The average Bonchev–Trinajstić information content (AvgIpc) is 3.09. The van der Waals surface area contributed by atoms with E-state index in [1.54, 1.807) is 18.3 Å². The van der Waals surface area contributed by atoms with Crippen LogP contribution in [0.15, 0.2) is 47.5 Å². The SMILES string of the molecule is Cc1ccc(NC(=O)c2ccc(S(=O)(=O)NC3CCOC3)cc2)cn1. The van der Waals surface area contributed by atoms with Crippen LogP contribution in [0.2, 0.25) is 0 Å². The fourth-order valence-electron chi connectivity index (χ4n) is 2.45. The Kier molecular flexibility index (Phi) is 5.12. The molecule has 1 fully saturated rings. The Morgan fingerprint density at radius 3 is 2.56 bits per heavy atom. The fourth-order valence-corrected chi connectivity index (χ4v) is 3.70. The summed E-state index contributed by atoms with van der Waals surface area (Å²) in [6.07, 6.45) is 2.23. The number of anilines is 1. The van der Waals surface area contributed by atoms with Crippen LogP contribution in [0, 0.1) is 6.92 Å². The van der Waals surface area contributed by atoms with Gasteiger partial charge in [-0.1, -0.05) is 0 Å². The molecule has 1 amide bonds. The molecule has 1 aliphatic rings. The summed E-state index contributed by atoms with van der Waals surface area (Å²) in [5, 5.41) is 2.72. The largest absolute Gasteiger partial charge is 0.380 e. The van der Waals surface area contributed by atoms with Gasteiger partial charge in [-0.15, -0.1) is 0 Å². The third-order valence-corrected chi connectivity index (χ3v) is 5.38. The molecular formula is C17H19N3O4S. The zero-order valence-corrected chi connectivity index (χ0v) is 14.5. The predicted molar refractivity (Wildman–Crippen MR) is 92.9 cm³/mol. The molecule has 0 bridgehead atoms. The van der Waals surface area contributed by atoms with Crippen LogP contribution in [-0.4, -0.2) is 38.6 Å². The van der Waals surface area contributed by atoms with Crippen LogP contribution in [-0.2, 0) is 14.8 Å². The molecule has 1 aromatic heterocycles. The van der Waals surface area contributed by atoms with Gasteiger partial charge in [0.1, 0.15) is 0 Å². The number of ether oxygens (including phenoxy) is 1. The first-order chi connectivity index (χ1) is 11.9. The van der Waals surface area contributed by atoms with Crippen LogP contribution in [0.5, 0.6) is 0 Å². The normalized spacial score (nSPS) is 17.4. The number of amides is 1. The summed E-state index contributed by atoms with van der Waals surface area (Å²) in [6, 6.07) is 9.15. The highest BCUT2D eigenvalue weighted by Gasteiger charge is 2.23. The lowest BCUT2D eigenvalue weighted by Gasteiger charge is -2.12. The summed E-state index contributed by atoms with van der Waals surface area (Å²) in [5.41, 5.74) is 1.80. The van der Waals surface area contributed by atoms with Gasteiger partial charge in [-0.25, -0.2) is 13.1 Å². The van der Waals surface area contributed by atoms with Crippen molar-refractivity contribution in [3.8, 4) is 0 Å². The molecule has 3 rings (SSSR count). The van der Waals surface area contributed by atoms with Crippen molar-refractivity contribution >= 4 is 21.6 Å². The Morgan fingerprint density at radius 2 is 1.96 bits per heavy atom. The summed E-state index contributed by atoms with van der Waals surface area (Å²) >= 11 is 0. The number of hydrogen-bond acceptors (Lipinski definition) is 5. The summed E-state index contributed by atoms with van der Waals surface area (Å²) in [4.78, 5) is 16.4. The number of nitrogens with one attached hydrogen (secondary N) is 2. The molecule has 0 aliphatic carbocycles. The Hall–Kier alpha value is -2.29. The molecule has 1 aromatic carbocycles. The molecule has 2 aromatic rings. The number of aromatic nitrogens is 1. The minimum Gasteiger partial charge on any atom is -0.380 e. The number of hydrogen-bond donors (Lipinski definition) is 2. The third-order valence-electron chi connectivity index (χ3n) is 3.85. The average molecular weight is 361 g/mol. The van der Waals surface area contributed by atoms with E-state index in [1.807, 2.05) is 6.92 Å². The quantitative estimate of drug-likeness (QED) is 0.845. The zero-order valence-electron chi connectivity index (χ0n) is 13.7. The van der Waals surface area contributed by atoms with Crippen LogP contribution in [0.4, 0.5) is 5.69 Å². The van der Waals surface area contributed by atoms with Gasteiger partial charge < -0.3 is 10.1 Å². The second-order valence-electron chi connectivity index (χ2n) is 5.85. The summed E-state index contributed by atoms with van der Waals surface area (Å²) in [5.74, 6) is -0.327. The fraction of sp³-hybridized carbons (Fsp3) is 0.294. The highest BCUT2D eigenvalue weighted by atomic mass is 32.2. The maximum atomic E-state index is 12.3. The molecule has 1 atom stereocenters. The highest BCUT2D eigenvalue weighted by molar-refractivity contribution is 7.89. The lowest BCUT2D eigenvalue weighted by molar-refractivity contribution is 0.102. The first-order valence-corrected chi connectivity index (χ1v) is 9.36. The minimum absolute atomic E-state index is 0.118. The van der Waals surface area contributed by atoms with Gasteiger partial charge in [0, 0.05) is 23.9 Å². The number of rotatable bonds is 5. The minimum atomic E-state index is -3.62. The number of sulfonamides is 1. The van der Waals surface area contributed by atoms with E-state index < -0.39 is 10.0 Å². The third kappa shape index (κ3) is 4.41. The molecule has 0 spiro atoms. The van der Waals surface area contributed by atoms with Crippen LogP contribution < -0.4 is 10.0 Å². The summed E-state index contributed by atoms with van der Waals surface area (Å²) in [7, 11) is -3.62.